The van der Waals surface area contributed by atoms with Gasteiger partial charge in [0.1, 0.15) is 18.0 Å². The van der Waals surface area contributed by atoms with E-state index in [4.69, 9.17) is 9.47 Å². The van der Waals surface area contributed by atoms with Crippen LogP contribution in [-0.2, 0) is 15.1 Å². The van der Waals surface area contributed by atoms with Gasteiger partial charge in [0, 0.05) is 5.92 Å². The minimum atomic E-state index is -0.540. The lowest BCUT2D eigenvalue weighted by Crippen LogP contribution is -2.30. The van der Waals surface area contributed by atoms with E-state index in [9.17, 15) is 4.79 Å². The lowest BCUT2D eigenvalue weighted by molar-refractivity contribution is 0.0291. The number of hydrogen-bond donors (Lipinski definition) is 1. The first-order valence-electron chi connectivity index (χ1n) is 10.5. The maximum atomic E-state index is 12.3. The molecule has 0 atom stereocenters. The molecule has 0 bridgehead atoms. The number of fused-ring (bicyclic) bond motifs is 3. The van der Waals surface area contributed by atoms with E-state index in [1.54, 1.807) is 0 Å². The lowest BCUT2D eigenvalue weighted by Gasteiger charge is -2.28. The van der Waals surface area contributed by atoms with E-state index >= 15 is 0 Å². The molecule has 0 fully saturated rings. The summed E-state index contributed by atoms with van der Waals surface area (Å²) >= 11 is 0. The quantitative estimate of drug-likeness (QED) is 0.484. The van der Waals surface area contributed by atoms with Crippen LogP contribution >= 0.6 is 0 Å². The molecule has 0 saturated heterocycles. The number of alkyl carbamates (subject to hydrolysis) is 1. The summed E-state index contributed by atoms with van der Waals surface area (Å²) in [4.78, 5) is 12.3. The van der Waals surface area contributed by atoms with Crippen LogP contribution in [0.3, 0.4) is 0 Å². The Balaban J connectivity index is 1.32. The van der Waals surface area contributed by atoms with Crippen LogP contribution in [0, 0.1) is 0 Å². The molecule has 0 saturated carbocycles. The Morgan fingerprint density at radius 2 is 1.45 bits per heavy atom. The third-order valence-electron chi connectivity index (χ3n) is 5.64. The molecule has 4 heteroatoms. The predicted molar refractivity (Wildman–Crippen MR) is 123 cm³/mol. The molecular weight excluding hydrogens is 386 g/mol. The van der Waals surface area contributed by atoms with E-state index < -0.39 is 11.7 Å². The highest BCUT2D eigenvalue weighted by Crippen LogP contribution is 2.44. The Morgan fingerprint density at radius 3 is 2.06 bits per heavy atom. The smallest absolute Gasteiger partial charge is 0.407 e. The molecule has 3 aromatic carbocycles. The van der Waals surface area contributed by atoms with Crippen molar-refractivity contribution in [2.24, 2.45) is 0 Å². The number of amides is 1. The highest BCUT2D eigenvalue weighted by molar-refractivity contribution is 5.79. The van der Waals surface area contributed by atoms with E-state index in [0.717, 1.165) is 5.56 Å². The second-order valence-electron chi connectivity index (χ2n) is 8.20. The second-order valence-corrected chi connectivity index (χ2v) is 8.20. The van der Waals surface area contributed by atoms with Crippen molar-refractivity contribution in [3.05, 3.63) is 108 Å². The van der Waals surface area contributed by atoms with Crippen molar-refractivity contribution in [1.29, 1.82) is 0 Å². The van der Waals surface area contributed by atoms with Crippen molar-refractivity contribution in [1.82, 2.24) is 5.32 Å². The number of carbonyl (C=O) groups is 1. The van der Waals surface area contributed by atoms with Crippen LogP contribution in [0.1, 0.15) is 36.5 Å². The van der Waals surface area contributed by atoms with Gasteiger partial charge >= 0.3 is 6.09 Å². The fourth-order valence-corrected chi connectivity index (χ4v) is 4.12. The third-order valence-corrected chi connectivity index (χ3v) is 5.64. The Morgan fingerprint density at radius 1 is 0.903 bits per heavy atom. The monoisotopic (exact) mass is 413 g/mol. The van der Waals surface area contributed by atoms with E-state index in [2.05, 4.69) is 36.2 Å². The second kappa shape index (κ2) is 8.68. The Hall–Kier alpha value is -3.53. The van der Waals surface area contributed by atoms with Gasteiger partial charge < -0.3 is 14.8 Å². The first-order chi connectivity index (χ1) is 15.0. The molecule has 0 unspecified atom stereocenters. The van der Waals surface area contributed by atoms with E-state index in [-0.39, 0.29) is 19.1 Å². The average molecular weight is 414 g/mol. The van der Waals surface area contributed by atoms with Gasteiger partial charge in [0.2, 0.25) is 0 Å². The maximum Gasteiger partial charge on any atom is 0.407 e. The zero-order valence-corrected chi connectivity index (χ0v) is 17.9. The largest absolute Gasteiger partial charge is 0.486 e. The Labute approximate surface area is 183 Å². The molecule has 0 heterocycles. The third kappa shape index (κ3) is 4.48. The van der Waals surface area contributed by atoms with Crippen LogP contribution < -0.4 is 5.32 Å². The zero-order chi connectivity index (χ0) is 21.8. The van der Waals surface area contributed by atoms with Gasteiger partial charge in [0.25, 0.3) is 0 Å². The molecule has 3 aromatic rings. The van der Waals surface area contributed by atoms with Gasteiger partial charge in [0.05, 0.1) is 6.54 Å². The van der Waals surface area contributed by atoms with E-state index in [1.807, 2.05) is 68.4 Å². The molecule has 1 N–H and O–H groups in total. The van der Waals surface area contributed by atoms with Crippen molar-refractivity contribution < 1.29 is 14.3 Å². The van der Waals surface area contributed by atoms with Crippen molar-refractivity contribution >= 4 is 6.09 Å². The van der Waals surface area contributed by atoms with Crippen molar-refractivity contribution in [3.8, 4) is 11.1 Å². The normalized spacial score (nSPS) is 12.6. The number of nitrogens with one attached hydrogen (secondary N) is 1. The lowest BCUT2D eigenvalue weighted by atomic mass is 9.98. The first-order valence-corrected chi connectivity index (χ1v) is 10.5. The minimum Gasteiger partial charge on any atom is -0.486 e. The fourth-order valence-electron chi connectivity index (χ4n) is 4.12. The molecule has 1 aliphatic rings. The Bertz CT molecular complexity index is 1040. The standard InChI is InChI=1S/C27H27NO3/c1-19(31-27(2,3)20-11-5-4-6-12-20)17-28-26(29)30-18-25-23-15-9-7-13-21(23)22-14-8-10-16-24(22)25/h4-16,25H,1,17-18H2,2-3H3,(H,28,29). The van der Waals surface area contributed by atoms with Crippen LogP contribution in [0.4, 0.5) is 4.79 Å². The molecule has 4 nitrogen and oxygen atoms in total. The summed E-state index contributed by atoms with van der Waals surface area (Å²) in [5.74, 6) is 0.511. The van der Waals surface area contributed by atoms with Gasteiger partial charge in [-0.3, -0.25) is 0 Å². The summed E-state index contributed by atoms with van der Waals surface area (Å²) in [7, 11) is 0. The van der Waals surface area contributed by atoms with Gasteiger partial charge in [-0.15, -0.1) is 0 Å². The van der Waals surface area contributed by atoms with Crippen LogP contribution in [0.2, 0.25) is 0 Å². The van der Waals surface area contributed by atoms with Crippen molar-refractivity contribution in [2.75, 3.05) is 13.2 Å². The van der Waals surface area contributed by atoms with Crippen LogP contribution in [0.15, 0.2) is 91.2 Å². The summed E-state index contributed by atoms with van der Waals surface area (Å²) in [6, 6.07) is 26.5. The van der Waals surface area contributed by atoms with Crippen LogP contribution in [-0.4, -0.2) is 19.2 Å². The molecule has 31 heavy (non-hydrogen) atoms. The molecule has 0 spiro atoms. The van der Waals surface area contributed by atoms with Crippen LogP contribution in [0.25, 0.3) is 11.1 Å². The van der Waals surface area contributed by atoms with E-state index in [1.165, 1.54) is 22.3 Å². The van der Waals surface area contributed by atoms with Crippen molar-refractivity contribution in [2.45, 2.75) is 25.4 Å². The van der Waals surface area contributed by atoms with Gasteiger partial charge in [0.15, 0.2) is 0 Å². The number of benzene rings is 3. The van der Waals surface area contributed by atoms with Gasteiger partial charge in [-0.05, 0) is 41.7 Å². The first kappa shape index (κ1) is 20.7. The molecule has 1 aliphatic carbocycles. The molecule has 4 rings (SSSR count). The highest BCUT2D eigenvalue weighted by atomic mass is 16.5. The van der Waals surface area contributed by atoms with E-state index in [0.29, 0.717) is 5.76 Å². The molecular formula is C27H27NO3. The minimum absolute atomic E-state index is 0.0367. The highest BCUT2D eigenvalue weighted by Gasteiger charge is 2.29. The molecule has 0 aromatic heterocycles. The number of hydrogen-bond acceptors (Lipinski definition) is 3. The van der Waals surface area contributed by atoms with Gasteiger partial charge in [-0.1, -0.05) is 85.4 Å². The van der Waals surface area contributed by atoms with Gasteiger partial charge in [-0.2, -0.15) is 0 Å². The summed E-state index contributed by atoms with van der Waals surface area (Å²) in [5, 5.41) is 2.74. The molecule has 1 amide bonds. The summed E-state index contributed by atoms with van der Waals surface area (Å²) < 4.78 is 11.5. The van der Waals surface area contributed by atoms with Crippen molar-refractivity contribution in [3.63, 3.8) is 0 Å². The number of rotatable bonds is 7. The summed E-state index contributed by atoms with van der Waals surface area (Å²) in [6.45, 7) is 8.36. The summed E-state index contributed by atoms with van der Waals surface area (Å²) in [6.07, 6.45) is -0.482. The topological polar surface area (TPSA) is 47.6 Å². The number of carbonyl (C=O) groups excluding carboxylic acids is 1. The number of ether oxygens (including phenoxy) is 2. The molecule has 0 aliphatic heterocycles. The molecule has 0 radical (unpaired) electrons. The predicted octanol–water partition coefficient (Wildman–Crippen LogP) is 5.99. The van der Waals surface area contributed by atoms with Gasteiger partial charge in [-0.25, -0.2) is 4.79 Å². The maximum absolute atomic E-state index is 12.3. The van der Waals surface area contributed by atoms with Crippen LogP contribution in [0.5, 0.6) is 0 Å². The fraction of sp³-hybridized carbons (Fsp3) is 0.222. The summed E-state index contributed by atoms with van der Waals surface area (Å²) in [5.41, 5.74) is 5.29. The average Bonchev–Trinajstić information content (AvgIpc) is 3.10. The molecule has 158 valence electrons. The SMILES string of the molecule is C=C(CNC(=O)OCC1c2ccccc2-c2ccccc21)OC(C)(C)c1ccccc1. The Kier molecular flexibility index (Phi) is 5.81. The zero-order valence-electron chi connectivity index (χ0n) is 17.9.